The molecule has 0 bridgehead atoms. The summed E-state index contributed by atoms with van der Waals surface area (Å²) in [6.07, 6.45) is 3.09. The molecule has 66 valence electrons. The molecular formula is C7H13N5. The van der Waals surface area contributed by atoms with Gasteiger partial charge in [-0.2, -0.15) is 5.21 Å². The molecule has 3 N–H and O–H groups in total. The highest BCUT2D eigenvalue weighted by Gasteiger charge is 2.38. The minimum atomic E-state index is -0.327. The molecule has 1 aliphatic rings. The quantitative estimate of drug-likeness (QED) is 0.625. The van der Waals surface area contributed by atoms with Crippen molar-refractivity contribution < 1.29 is 0 Å². The van der Waals surface area contributed by atoms with Crippen LogP contribution in [0.5, 0.6) is 0 Å². The average molecular weight is 167 g/mol. The zero-order chi connectivity index (χ0) is 8.60. The molecule has 2 atom stereocenters. The lowest BCUT2D eigenvalue weighted by Gasteiger charge is -2.18. The second kappa shape index (κ2) is 2.52. The molecule has 0 amide bonds. The van der Waals surface area contributed by atoms with E-state index in [9.17, 15) is 0 Å². The monoisotopic (exact) mass is 167 g/mol. The number of aromatic amines is 1. The third kappa shape index (κ3) is 1.10. The number of aromatic nitrogens is 4. The zero-order valence-corrected chi connectivity index (χ0v) is 7.12. The average Bonchev–Trinajstić information content (AvgIpc) is 2.59. The molecule has 1 saturated carbocycles. The summed E-state index contributed by atoms with van der Waals surface area (Å²) in [6, 6.07) is 0. The fraction of sp³-hybridized carbons (Fsp3) is 0.857. The van der Waals surface area contributed by atoms with E-state index in [0.717, 1.165) is 19.3 Å². The van der Waals surface area contributed by atoms with E-state index in [2.05, 4.69) is 27.5 Å². The number of nitrogens with one attached hydrogen (secondary N) is 1. The molecular weight excluding hydrogens is 154 g/mol. The Labute approximate surface area is 70.7 Å². The third-order valence-electron chi connectivity index (χ3n) is 2.59. The van der Waals surface area contributed by atoms with Crippen molar-refractivity contribution >= 4 is 0 Å². The summed E-state index contributed by atoms with van der Waals surface area (Å²) in [5, 5.41) is 13.8. The summed E-state index contributed by atoms with van der Waals surface area (Å²) >= 11 is 0. The highest BCUT2D eigenvalue weighted by Crippen LogP contribution is 2.37. The first-order chi connectivity index (χ1) is 5.71. The molecule has 0 saturated heterocycles. The fourth-order valence-corrected chi connectivity index (χ4v) is 1.91. The van der Waals surface area contributed by atoms with E-state index in [1.807, 2.05) is 0 Å². The molecule has 0 radical (unpaired) electrons. The summed E-state index contributed by atoms with van der Waals surface area (Å²) in [5.74, 6) is 1.33. The van der Waals surface area contributed by atoms with Crippen LogP contribution in [0.3, 0.4) is 0 Å². The molecule has 0 aliphatic heterocycles. The molecule has 0 spiro atoms. The fourth-order valence-electron chi connectivity index (χ4n) is 1.91. The summed E-state index contributed by atoms with van der Waals surface area (Å²) in [4.78, 5) is 0. The number of H-pyrrole nitrogens is 1. The van der Waals surface area contributed by atoms with Crippen molar-refractivity contribution in [1.29, 1.82) is 0 Å². The van der Waals surface area contributed by atoms with Crippen LogP contribution in [-0.4, -0.2) is 20.6 Å². The lowest BCUT2D eigenvalue weighted by molar-refractivity contribution is 0.414. The Morgan fingerprint density at radius 2 is 2.50 bits per heavy atom. The van der Waals surface area contributed by atoms with Gasteiger partial charge in [-0.1, -0.05) is 12.1 Å². The van der Waals surface area contributed by atoms with Crippen LogP contribution in [0, 0.1) is 5.92 Å². The normalized spacial score (nSPS) is 35.7. The summed E-state index contributed by atoms with van der Waals surface area (Å²) in [7, 11) is 0. The van der Waals surface area contributed by atoms with E-state index in [-0.39, 0.29) is 5.54 Å². The summed E-state index contributed by atoms with van der Waals surface area (Å²) < 4.78 is 0. The molecule has 1 heterocycles. The Balaban J connectivity index is 2.23. The number of nitrogens with two attached hydrogens (primary N) is 1. The van der Waals surface area contributed by atoms with Gasteiger partial charge in [-0.15, -0.1) is 10.2 Å². The number of nitrogens with zero attached hydrogens (tertiary/aromatic N) is 3. The first-order valence-electron chi connectivity index (χ1n) is 4.23. The molecule has 12 heavy (non-hydrogen) atoms. The van der Waals surface area contributed by atoms with Crippen molar-refractivity contribution in [2.45, 2.75) is 31.7 Å². The summed E-state index contributed by atoms with van der Waals surface area (Å²) in [5.41, 5.74) is 5.80. The van der Waals surface area contributed by atoms with E-state index >= 15 is 0 Å². The van der Waals surface area contributed by atoms with Crippen LogP contribution in [0.4, 0.5) is 0 Å². The maximum absolute atomic E-state index is 6.13. The highest BCUT2D eigenvalue weighted by atomic mass is 15.5. The van der Waals surface area contributed by atoms with Gasteiger partial charge in [-0.25, -0.2) is 0 Å². The standard InChI is InChI=1S/C7H13N5/c1-5-2-3-7(8,4-5)6-9-11-12-10-6/h5H,2-4,8H2,1H3,(H,9,10,11,12). The first-order valence-corrected chi connectivity index (χ1v) is 4.23. The van der Waals surface area contributed by atoms with Crippen molar-refractivity contribution in [2.75, 3.05) is 0 Å². The second-order valence-corrected chi connectivity index (χ2v) is 3.74. The van der Waals surface area contributed by atoms with Crippen molar-refractivity contribution in [3.05, 3.63) is 5.82 Å². The van der Waals surface area contributed by atoms with Crippen LogP contribution in [0.15, 0.2) is 0 Å². The van der Waals surface area contributed by atoms with Gasteiger partial charge in [0, 0.05) is 0 Å². The molecule has 2 rings (SSSR count). The lowest BCUT2D eigenvalue weighted by Crippen LogP contribution is -2.35. The number of rotatable bonds is 1. The Morgan fingerprint density at radius 3 is 3.00 bits per heavy atom. The van der Waals surface area contributed by atoms with Gasteiger partial charge in [0.05, 0.1) is 5.54 Å². The molecule has 1 fully saturated rings. The van der Waals surface area contributed by atoms with Gasteiger partial charge in [0.25, 0.3) is 0 Å². The molecule has 0 aromatic carbocycles. The Morgan fingerprint density at radius 1 is 1.67 bits per heavy atom. The molecule has 2 unspecified atom stereocenters. The van der Waals surface area contributed by atoms with E-state index < -0.39 is 0 Å². The largest absolute Gasteiger partial charge is 0.319 e. The third-order valence-corrected chi connectivity index (χ3v) is 2.59. The maximum Gasteiger partial charge on any atom is 0.194 e. The van der Waals surface area contributed by atoms with Gasteiger partial charge >= 0.3 is 0 Å². The van der Waals surface area contributed by atoms with Crippen LogP contribution in [-0.2, 0) is 5.54 Å². The first kappa shape index (κ1) is 7.67. The van der Waals surface area contributed by atoms with Crippen LogP contribution in [0.25, 0.3) is 0 Å². The van der Waals surface area contributed by atoms with Gasteiger partial charge in [-0.3, -0.25) is 0 Å². The van der Waals surface area contributed by atoms with E-state index in [1.165, 1.54) is 0 Å². The lowest BCUT2D eigenvalue weighted by atomic mass is 9.97. The molecule has 1 aromatic rings. The van der Waals surface area contributed by atoms with Gasteiger partial charge < -0.3 is 5.73 Å². The maximum atomic E-state index is 6.13. The molecule has 1 aliphatic carbocycles. The van der Waals surface area contributed by atoms with Gasteiger partial charge in [0.2, 0.25) is 0 Å². The minimum absolute atomic E-state index is 0.327. The van der Waals surface area contributed by atoms with Crippen LogP contribution in [0.2, 0.25) is 0 Å². The van der Waals surface area contributed by atoms with Gasteiger partial charge in [-0.05, 0) is 25.2 Å². The number of hydrogen-bond donors (Lipinski definition) is 2. The predicted octanol–water partition coefficient (Wildman–Crippen LogP) is 0.174. The predicted molar refractivity (Wildman–Crippen MR) is 43.1 cm³/mol. The topological polar surface area (TPSA) is 80.5 Å². The van der Waals surface area contributed by atoms with Crippen LogP contribution in [0.1, 0.15) is 32.0 Å². The Bertz CT molecular complexity index is 257. The molecule has 5 nitrogen and oxygen atoms in total. The smallest absolute Gasteiger partial charge is 0.194 e. The van der Waals surface area contributed by atoms with Gasteiger partial charge in [0.1, 0.15) is 0 Å². The number of hydrogen-bond acceptors (Lipinski definition) is 4. The Kier molecular flexibility index (Phi) is 1.61. The van der Waals surface area contributed by atoms with Crippen molar-refractivity contribution in [2.24, 2.45) is 11.7 Å². The van der Waals surface area contributed by atoms with Crippen molar-refractivity contribution in [1.82, 2.24) is 20.6 Å². The van der Waals surface area contributed by atoms with E-state index in [4.69, 9.17) is 5.73 Å². The van der Waals surface area contributed by atoms with E-state index in [1.54, 1.807) is 0 Å². The van der Waals surface area contributed by atoms with E-state index in [0.29, 0.717) is 11.7 Å². The molecule has 1 aromatic heterocycles. The SMILES string of the molecule is CC1CCC(N)(c2nn[nH]n2)C1. The molecule has 5 heteroatoms. The highest BCUT2D eigenvalue weighted by molar-refractivity contribution is 5.05. The van der Waals surface area contributed by atoms with Crippen molar-refractivity contribution in [3.8, 4) is 0 Å². The Hall–Kier alpha value is -0.970. The summed E-state index contributed by atoms with van der Waals surface area (Å²) in [6.45, 7) is 2.20. The zero-order valence-electron chi connectivity index (χ0n) is 7.12. The number of tetrazole rings is 1. The van der Waals surface area contributed by atoms with Crippen LogP contribution < -0.4 is 5.73 Å². The van der Waals surface area contributed by atoms with Crippen molar-refractivity contribution in [3.63, 3.8) is 0 Å². The second-order valence-electron chi connectivity index (χ2n) is 3.74. The minimum Gasteiger partial charge on any atom is -0.319 e. The van der Waals surface area contributed by atoms with Gasteiger partial charge in [0.15, 0.2) is 5.82 Å². The van der Waals surface area contributed by atoms with Crippen LogP contribution >= 0.6 is 0 Å².